The molecule has 0 aliphatic heterocycles. The van der Waals surface area contributed by atoms with Crippen molar-refractivity contribution in [3.63, 3.8) is 0 Å². The highest BCUT2D eigenvalue weighted by Crippen LogP contribution is 2.51. The van der Waals surface area contributed by atoms with E-state index < -0.39 is 0 Å². The van der Waals surface area contributed by atoms with Crippen molar-refractivity contribution in [2.24, 2.45) is 0 Å². The van der Waals surface area contributed by atoms with Gasteiger partial charge in [0.05, 0.1) is 22.4 Å². The van der Waals surface area contributed by atoms with Crippen LogP contribution in [-0.2, 0) is 5.41 Å². The zero-order valence-corrected chi connectivity index (χ0v) is 42.8. The molecule has 14 rings (SSSR count). The molecule has 0 bridgehead atoms. The average molecular weight is 985 g/mol. The van der Waals surface area contributed by atoms with E-state index in [0.29, 0.717) is 5.82 Å². The van der Waals surface area contributed by atoms with Crippen LogP contribution < -0.4 is 4.90 Å². The molecule has 0 atom stereocenters. The molecule has 4 nitrogen and oxygen atoms in total. The first-order valence-corrected chi connectivity index (χ1v) is 26.5. The van der Waals surface area contributed by atoms with Gasteiger partial charge >= 0.3 is 0 Å². The molecule has 77 heavy (non-hydrogen) atoms. The minimum Gasteiger partial charge on any atom is -0.311 e. The Labute approximate surface area is 449 Å². The van der Waals surface area contributed by atoms with E-state index in [-0.39, 0.29) is 5.41 Å². The Morgan fingerprint density at radius 2 is 0.766 bits per heavy atom. The Balaban J connectivity index is 0.890. The summed E-state index contributed by atoms with van der Waals surface area (Å²) in [6.45, 7) is 4.73. The zero-order chi connectivity index (χ0) is 51.5. The number of nitrogens with zero attached hydrogens (tertiary/aromatic N) is 4. The lowest BCUT2D eigenvalue weighted by molar-refractivity contribution is 0.661. The summed E-state index contributed by atoms with van der Waals surface area (Å²) >= 11 is 0. The molecule has 0 amide bonds. The molecule has 2 heterocycles. The number of fused-ring (bicyclic) bond motifs is 6. The molecule has 11 aromatic carbocycles. The van der Waals surface area contributed by atoms with Crippen LogP contribution in [0.4, 0.5) is 17.1 Å². The minimum absolute atomic E-state index is 0.166. The van der Waals surface area contributed by atoms with Gasteiger partial charge in [-0.05, 0) is 134 Å². The molecule has 1 aliphatic rings. The summed E-state index contributed by atoms with van der Waals surface area (Å²) in [5.74, 6) is 0.699. The first-order chi connectivity index (χ1) is 37.9. The number of aromatic nitrogens is 3. The first-order valence-electron chi connectivity index (χ1n) is 26.5. The largest absolute Gasteiger partial charge is 0.311 e. The van der Waals surface area contributed by atoms with Crippen LogP contribution in [0.1, 0.15) is 25.0 Å². The summed E-state index contributed by atoms with van der Waals surface area (Å²) in [5, 5.41) is 2.43. The van der Waals surface area contributed by atoms with Gasteiger partial charge in [-0.25, -0.2) is 9.97 Å². The molecular weight excluding hydrogens is 933 g/mol. The second kappa shape index (κ2) is 18.8. The second-order valence-electron chi connectivity index (χ2n) is 20.6. The monoisotopic (exact) mass is 984 g/mol. The van der Waals surface area contributed by atoms with Gasteiger partial charge in [0.1, 0.15) is 0 Å². The van der Waals surface area contributed by atoms with E-state index in [9.17, 15) is 0 Å². The molecule has 0 radical (unpaired) electrons. The van der Waals surface area contributed by atoms with Gasteiger partial charge in [0.2, 0.25) is 0 Å². The van der Waals surface area contributed by atoms with Gasteiger partial charge in [-0.2, -0.15) is 0 Å². The van der Waals surface area contributed by atoms with Crippen molar-refractivity contribution in [2.75, 3.05) is 4.90 Å². The molecule has 364 valence electrons. The van der Waals surface area contributed by atoms with Gasteiger partial charge in [0.25, 0.3) is 0 Å². The Hall–Kier alpha value is -9.90. The van der Waals surface area contributed by atoms with Gasteiger partial charge in [-0.15, -0.1) is 0 Å². The van der Waals surface area contributed by atoms with E-state index in [2.05, 4.69) is 278 Å². The third-order valence-corrected chi connectivity index (χ3v) is 15.6. The second-order valence-corrected chi connectivity index (χ2v) is 20.6. The summed E-state index contributed by atoms with van der Waals surface area (Å²) in [7, 11) is 0. The predicted octanol–water partition coefficient (Wildman–Crippen LogP) is 19.4. The predicted molar refractivity (Wildman–Crippen MR) is 321 cm³/mol. The van der Waals surface area contributed by atoms with Crippen LogP contribution in [-0.4, -0.2) is 14.5 Å². The Kier molecular flexibility index (Phi) is 11.2. The molecule has 0 saturated carbocycles. The maximum Gasteiger partial charge on any atom is 0.160 e. The smallest absolute Gasteiger partial charge is 0.160 e. The molecule has 1 aliphatic carbocycles. The molecule has 0 spiro atoms. The molecule has 13 aromatic rings. The van der Waals surface area contributed by atoms with Crippen molar-refractivity contribution in [1.29, 1.82) is 0 Å². The lowest BCUT2D eigenvalue weighted by atomic mass is 9.82. The summed E-state index contributed by atoms with van der Waals surface area (Å²) in [5.41, 5.74) is 23.7. The molecule has 0 saturated heterocycles. The fourth-order valence-corrected chi connectivity index (χ4v) is 11.7. The van der Waals surface area contributed by atoms with Gasteiger partial charge in [0, 0.05) is 55.6 Å². The van der Waals surface area contributed by atoms with Gasteiger partial charge < -0.3 is 9.47 Å². The standard InChI is InChI=1S/C73H52N4/c1-73(2)66-29-16-15-28-62(66)63-46-65-64-45-56(53-34-41-60(42-35-53)76(58-37-30-51(31-38-58)49-18-7-3-8-19-49)59-39-32-52(33-40-59)50-20-9-4-10-21-50)36-43-70(64)77(71(65)47-67(63)73)61-27-17-26-57(44-61)69-48-68(54-22-11-5-12-23-54)74-72(75-69)55-24-13-6-14-25-55/h3-48H,1-2H3. The van der Waals surface area contributed by atoms with E-state index >= 15 is 0 Å². The van der Waals surface area contributed by atoms with Crippen molar-refractivity contribution >= 4 is 38.9 Å². The van der Waals surface area contributed by atoms with Crippen LogP contribution in [0.5, 0.6) is 0 Å². The fourth-order valence-electron chi connectivity index (χ4n) is 11.7. The third-order valence-electron chi connectivity index (χ3n) is 15.6. The Morgan fingerprint density at radius 3 is 1.35 bits per heavy atom. The lowest BCUT2D eigenvalue weighted by Crippen LogP contribution is -2.14. The van der Waals surface area contributed by atoms with E-state index in [4.69, 9.17) is 9.97 Å². The van der Waals surface area contributed by atoms with Crippen LogP contribution in [0, 0.1) is 0 Å². The van der Waals surface area contributed by atoms with Gasteiger partial charge in [0.15, 0.2) is 5.82 Å². The molecule has 0 N–H and O–H groups in total. The highest BCUT2D eigenvalue weighted by molar-refractivity contribution is 6.13. The van der Waals surface area contributed by atoms with E-state index in [1.54, 1.807) is 0 Å². The van der Waals surface area contributed by atoms with E-state index in [1.165, 1.54) is 60.8 Å². The quantitative estimate of drug-likeness (QED) is 0.137. The van der Waals surface area contributed by atoms with Crippen LogP contribution >= 0.6 is 0 Å². The highest BCUT2D eigenvalue weighted by Gasteiger charge is 2.36. The number of hydrogen-bond donors (Lipinski definition) is 0. The van der Waals surface area contributed by atoms with Crippen molar-refractivity contribution in [2.45, 2.75) is 19.3 Å². The number of hydrogen-bond acceptors (Lipinski definition) is 3. The van der Waals surface area contributed by atoms with Crippen LogP contribution in [0.3, 0.4) is 0 Å². The maximum absolute atomic E-state index is 5.24. The van der Waals surface area contributed by atoms with Gasteiger partial charge in [-0.3, -0.25) is 0 Å². The lowest BCUT2D eigenvalue weighted by Gasteiger charge is -2.26. The van der Waals surface area contributed by atoms with Crippen molar-refractivity contribution in [3.8, 4) is 84.1 Å². The molecule has 2 aromatic heterocycles. The topological polar surface area (TPSA) is 34.0 Å². The molecule has 4 heteroatoms. The Morgan fingerprint density at radius 1 is 0.312 bits per heavy atom. The molecule has 0 fully saturated rings. The maximum atomic E-state index is 5.24. The number of anilines is 3. The number of benzene rings is 11. The average Bonchev–Trinajstić information content (AvgIpc) is 4.05. The van der Waals surface area contributed by atoms with Crippen molar-refractivity contribution in [3.05, 3.63) is 290 Å². The molecular formula is C73H52N4. The highest BCUT2D eigenvalue weighted by atomic mass is 15.1. The minimum atomic E-state index is -0.166. The van der Waals surface area contributed by atoms with Crippen LogP contribution in [0.15, 0.2) is 279 Å². The van der Waals surface area contributed by atoms with E-state index in [1.807, 2.05) is 24.3 Å². The van der Waals surface area contributed by atoms with Crippen LogP contribution in [0.25, 0.3) is 106 Å². The van der Waals surface area contributed by atoms with Crippen molar-refractivity contribution < 1.29 is 0 Å². The molecule has 0 unspecified atom stereocenters. The number of rotatable bonds is 10. The SMILES string of the molecule is CC1(C)c2ccccc2-c2cc3c4cc(-c5ccc(N(c6ccc(-c7ccccc7)cc6)c6ccc(-c7ccccc7)cc6)cc5)ccc4n(-c4cccc(-c5cc(-c6ccccc6)nc(-c6ccccc6)n5)c4)c3cc21. The summed E-state index contributed by atoms with van der Waals surface area (Å²) < 4.78 is 2.46. The normalized spacial score (nSPS) is 12.4. The zero-order valence-electron chi connectivity index (χ0n) is 42.8. The summed E-state index contributed by atoms with van der Waals surface area (Å²) in [6.07, 6.45) is 0. The fraction of sp³-hybridized carbons (Fsp3) is 0.0411. The summed E-state index contributed by atoms with van der Waals surface area (Å²) in [4.78, 5) is 12.7. The third kappa shape index (κ3) is 8.19. The van der Waals surface area contributed by atoms with Gasteiger partial charge in [-0.1, -0.05) is 214 Å². The van der Waals surface area contributed by atoms with E-state index in [0.717, 1.165) is 67.5 Å². The Bertz CT molecular complexity index is 4160. The van der Waals surface area contributed by atoms with Crippen molar-refractivity contribution in [1.82, 2.24) is 14.5 Å². The first kappa shape index (κ1) is 45.7. The summed E-state index contributed by atoms with van der Waals surface area (Å²) in [6, 6.07) is 101. The van der Waals surface area contributed by atoms with Crippen LogP contribution in [0.2, 0.25) is 0 Å².